The summed E-state index contributed by atoms with van der Waals surface area (Å²) in [5, 5.41) is 17.5. The molecule has 0 aliphatic rings. The molecule has 0 spiro atoms. The van der Waals surface area contributed by atoms with Gasteiger partial charge in [-0.2, -0.15) is 5.26 Å². The van der Waals surface area contributed by atoms with Crippen molar-refractivity contribution in [2.24, 2.45) is 0 Å². The number of hydrogen-bond acceptors (Lipinski definition) is 5. The van der Waals surface area contributed by atoms with E-state index in [4.69, 9.17) is 19.8 Å². The first-order valence-electron chi connectivity index (χ1n) is 6.63. The topological polar surface area (TPSA) is 82.8 Å². The molecule has 6 heteroatoms. The van der Waals surface area contributed by atoms with E-state index in [-0.39, 0.29) is 25.5 Å². The lowest BCUT2D eigenvalue weighted by atomic mass is 10.2. The fourth-order valence-corrected chi connectivity index (χ4v) is 1.71. The molecule has 1 rings (SSSR count). The molecule has 21 heavy (non-hydrogen) atoms. The van der Waals surface area contributed by atoms with Gasteiger partial charge >= 0.3 is 0 Å². The van der Waals surface area contributed by atoms with Gasteiger partial charge in [-0.3, -0.25) is 4.79 Å². The van der Waals surface area contributed by atoms with Gasteiger partial charge in [-0.15, -0.1) is 0 Å². The highest BCUT2D eigenvalue weighted by molar-refractivity contribution is 5.76. The van der Waals surface area contributed by atoms with Crippen molar-refractivity contribution >= 4 is 5.91 Å². The van der Waals surface area contributed by atoms with Crippen LogP contribution in [-0.2, 0) is 11.4 Å². The summed E-state index contributed by atoms with van der Waals surface area (Å²) in [4.78, 5) is 13.3. The lowest BCUT2D eigenvalue weighted by Gasteiger charge is -2.16. The number of aliphatic hydroxyl groups is 1. The van der Waals surface area contributed by atoms with E-state index in [0.29, 0.717) is 24.5 Å². The van der Waals surface area contributed by atoms with Gasteiger partial charge in [-0.05, 0) is 17.7 Å². The van der Waals surface area contributed by atoms with Crippen LogP contribution in [0.3, 0.4) is 0 Å². The van der Waals surface area contributed by atoms with Gasteiger partial charge in [-0.25, -0.2) is 0 Å². The highest BCUT2D eigenvalue weighted by Gasteiger charge is 2.10. The van der Waals surface area contributed by atoms with Crippen LogP contribution in [0.25, 0.3) is 0 Å². The Hall–Kier alpha value is -2.26. The Morgan fingerprint density at radius 1 is 1.43 bits per heavy atom. The van der Waals surface area contributed by atoms with Crippen molar-refractivity contribution in [1.82, 2.24) is 4.90 Å². The Morgan fingerprint density at radius 3 is 2.81 bits per heavy atom. The number of carbonyl (C=O) groups is 1. The van der Waals surface area contributed by atoms with Crippen molar-refractivity contribution in [2.45, 2.75) is 19.4 Å². The van der Waals surface area contributed by atoms with Crippen molar-refractivity contribution in [3.8, 4) is 17.6 Å². The smallest absolute Gasteiger partial charge is 0.225 e. The lowest BCUT2D eigenvalue weighted by molar-refractivity contribution is -0.130. The van der Waals surface area contributed by atoms with Crippen molar-refractivity contribution < 1.29 is 19.4 Å². The van der Waals surface area contributed by atoms with E-state index in [1.807, 2.05) is 6.07 Å². The van der Waals surface area contributed by atoms with E-state index in [0.717, 1.165) is 5.56 Å². The molecular weight excluding hydrogens is 272 g/mol. The number of carbonyl (C=O) groups excluding carboxylic acids is 1. The number of rotatable bonds is 8. The molecular formula is C15H20N2O4. The summed E-state index contributed by atoms with van der Waals surface area (Å²) in [7, 11) is 3.18. The van der Waals surface area contributed by atoms with Crippen LogP contribution in [0.5, 0.6) is 11.5 Å². The predicted molar refractivity (Wildman–Crippen MR) is 76.9 cm³/mol. The molecule has 0 aliphatic heterocycles. The van der Waals surface area contributed by atoms with E-state index >= 15 is 0 Å². The number of nitriles is 1. The van der Waals surface area contributed by atoms with E-state index in [9.17, 15) is 4.79 Å². The number of aliphatic hydroxyl groups excluding tert-OH is 1. The first-order chi connectivity index (χ1) is 10.1. The van der Waals surface area contributed by atoms with Crippen molar-refractivity contribution in [3.05, 3.63) is 23.8 Å². The van der Waals surface area contributed by atoms with Crippen LogP contribution in [0.2, 0.25) is 0 Å². The minimum Gasteiger partial charge on any atom is -0.493 e. The zero-order chi connectivity index (χ0) is 15.7. The summed E-state index contributed by atoms with van der Waals surface area (Å²) in [6.45, 7) is 0.577. The van der Waals surface area contributed by atoms with Crippen molar-refractivity contribution in [1.29, 1.82) is 5.26 Å². The largest absolute Gasteiger partial charge is 0.493 e. The summed E-state index contributed by atoms with van der Waals surface area (Å²) in [5.41, 5.74) is 0.728. The van der Waals surface area contributed by atoms with Crippen LogP contribution < -0.4 is 9.47 Å². The maximum atomic E-state index is 11.8. The third kappa shape index (κ3) is 5.32. The molecule has 0 atom stereocenters. The van der Waals surface area contributed by atoms with Crippen molar-refractivity contribution in [2.75, 3.05) is 27.3 Å². The molecule has 1 aromatic carbocycles. The summed E-state index contributed by atoms with van der Waals surface area (Å²) in [6.07, 6.45) is 0.548. The Labute approximate surface area is 124 Å². The second-order valence-electron chi connectivity index (χ2n) is 4.47. The molecule has 1 N–H and O–H groups in total. The Morgan fingerprint density at radius 2 is 2.19 bits per heavy atom. The van der Waals surface area contributed by atoms with Crippen LogP contribution in [-0.4, -0.2) is 43.2 Å². The summed E-state index contributed by atoms with van der Waals surface area (Å²) in [5.74, 6) is 0.977. The predicted octanol–water partition coefficient (Wildman–Crippen LogP) is 1.33. The van der Waals surface area contributed by atoms with Gasteiger partial charge in [0, 0.05) is 13.6 Å². The van der Waals surface area contributed by atoms with E-state index in [1.54, 1.807) is 25.2 Å². The van der Waals surface area contributed by atoms with Crippen LogP contribution in [0.15, 0.2) is 18.2 Å². The summed E-state index contributed by atoms with van der Waals surface area (Å²) < 4.78 is 10.7. The molecule has 1 aromatic rings. The number of methoxy groups -OCH3 is 1. The monoisotopic (exact) mass is 292 g/mol. The first kappa shape index (κ1) is 16.8. The number of nitrogens with zero attached hydrogens (tertiary/aromatic N) is 2. The molecule has 1 amide bonds. The summed E-state index contributed by atoms with van der Waals surface area (Å²) >= 11 is 0. The van der Waals surface area contributed by atoms with E-state index in [2.05, 4.69) is 0 Å². The Kier molecular flexibility index (Phi) is 7.05. The SMILES string of the molecule is COc1cc(CO)ccc1OCCC(=O)N(C)CCC#N. The van der Waals surface area contributed by atoms with Gasteiger partial charge in [-0.1, -0.05) is 6.07 Å². The molecule has 6 nitrogen and oxygen atoms in total. The fourth-order valence-electron chi connectivity index (χ4n) is 1.71. The number of amides is 1. The zero-order valence-electron chi connectivity index (χ0n) is 12.3. The molecule has 0 aromatic heterocycles. The van der Waals surface area contributed by atoms with Gasteiger partial charge < -0.3 is 19.5 Å². The average Bonchev–Trinajstić information content (AvgIpc) is 2.52. The maximum Gasteiger partial charge on any atom is 0.225 e. The molecule has 0 saturated heterocycles. The van der Waals surface area contributed by atoms with Gasteiger partial charge in [0.15, 0.2) is 11.5 Å². The average molecular weight is 292 g/mol. The van der Waals surface area contributed by atoms with Crippen LogP contribution in [0.1, 0.15) is 18.4 Å². The van der Waals surface area contributed by atoms with E-state index < -0.39 is 0 Å². The molecule has 0 heterocycles. The van der Waals surface area contributed by atoms with Crippen LogP contribution >= 0.6 is 0 Å². The second-order valence-corrected chi connectivity index (χ2v) is 4.47. The molecule has 0 aliphatic carbocycles. The van der Waals surface area contributed by atoms with Gasteiger partial charge in [0.25, 0.3) is 0 Å². The standard InChI is InChI=1S/C15H20N2O4/c1-17(8-3-7-16)15(19)6-9-21-13-5-4-12(11-18)10-14(13)20-2/h4-5,10,18H,3,6,8-9,11H2,1-2H3. The van der Waals surface area contributed by atoms with Gasteiger partial charge in [0.1, 0.15) is 0 Å². The number of ether oxygens (including phenoxy) is 2. The maximum absolute atomic E-state index is 11.8. The van der Waals surface area contributed by atoms with Gasteiger partial charge in [0.05, 0.1) is 39.2 Å². The Balaban J connectivity index is 2.49. The lowest BCUT2D eigenvalue weighted by Crippen LogP contribution is -2.28. The van der Waals surface area contributed by atoms with Gasteiger partial charge in [0.2, 0.25) is 5.91 Å². The van der Waals surface area contributed by atoms with Crippen LogP contribution in [0.4, 0.5) is 0 Å². The Bertz CT molecular complexity index is 511. The van der Waals surface area contributed by atoms with E-state index in [1.165, 1.54) is 12.0 Å². The normalized spacial score (nSPS) is 9.81. The summed E-state index contributed by atoms with van der Waals surface area (Å²) in [6, 6.07) is 7.13. The molecule has 114 valence electrons. The number of hydrogen-bond donors (Lipinski definition) is 1. The molecule has 0 unspecified atom stereocenters. The zero-order valence-corrected chi connectivity index (χ0v) is 12.3. The third-order valence-corrected chi connectivity index (χ3v) is 2.97. The van der Waals surface area contributed by atoms with Crippen molar-refractivity contribution in [3.63, 3.8) is 0 Å². The van der Waals surface area contributed by atoms with Crippen LogP contribution in [0, 0.1) is 11.3 Å². The molecule has 0 radical (unpaired) electrons. The second kappa shape index (κ2) is 8.82. The highest BCUT2D eigenvalue weighted by atomic mass is 16.5. The number of benzene rings is 1. The molecule has 0 bridgehead atoms. The molecule has 0 fully saturated rings. The third-order valence-electron chi connectivity index (χ3n) is 2.97. The quantitative estimate of drug-likeness (QED) is 0.781. The minimum atomic E-state index is -0.0730. The first-order valence-corrected chi connectivity index (χ1v) is 6.63. The molecule has 0 saturated carbocycles. The highest BCUT2D eigenvalue weighted by Crippen LogP contribution is 2.28. The minimum absolute atomic E-state index is 0.0706. The fraction of sp³-hybridized carbons (Fsp3) is 0.467.